The van der Waals surface area contributed by atoms with Gasteiger partial charge in [-0.2, -0.15) is 0 Å². The van der Waals surface area contributed by atoms with Gasteiger partial charge < -0.3 is 14.8 Å². The van der Waals surface area contributed by atoms with Gasteiger partial charge in [-0.15, -0.1) is 0 Å². The Balaban J connectivity index is 2.25. The standard InChI is InChI=1S/C11H11F2NO3/c1-16-5-9-10(14-11(15)17-9)6-2-3-7(12)8(13)4-6/h2-4,9-10H,5H2,1H3,(H,14,15). The Morgan fingerprint density at radius 3 is 2.82 bits per heavy atom. The van der Waals surface area contributed by atoms with E-state index in [1.54, 1.807) is 0 Å². The van der Waals surface area contributed by atoms with E-state index in [2.05, 4.69) is 5.32 Å². The summed E-state index contributed by atoms with van der Waals surface area (Å²) < 4.78 is 35.7. The molecule has 4 nitrogen and oxygen atoms in total. The Hall–Kier alpha value is -1.69. The van der Waals surface area contributed by atoms with Gasteiger partial charge in [0.15, 0.2) is 17.7 Å². The number of rotatable bonds is 3. The zero-order valence-electron chi connectivity index (χ0n) is 9.07. The summed E-state index contributed by atoms with van der Waals surface area (Å²) in [5.41, 5.74) is 0.441. The molecule has 1 aromatic carbocycles. The van der Waals surface area contributed by atoms with Crippen molar-refractivity contribution in [2.45, 2.75) is 12.1 Å². The fourth-order valence-electron chi connectivity index (χ4n) is 1.76. The molecule has 1 heterocycles. The summed E-state index contributed by atoms with van der Waals surface area (Å²) in [6, 6.07) is 2.93. The third-order valence-corrected chi connectivity index (χ3v) is 2.54. The molecule has 0 aromatic heterocycles. The van der Waals surface area contributed by atoms with Crippen molar-refractivity contribution in [3.63, 3.8) is 0 Å². The Bertz CT molecular complexity index is 439. The third-order valence-electron chi connectivity index (χ3n) is 2.54. The average Bonchev–Trinajstić information content (AvgIpc) is 2.64. The lowest BCUT2D eigenvalue weighted by molar-refractivity contribution is 0.0590. The van der Waals surface area contributed by atoms with Gasteiger partial charge in [0.2, 0.25) is 0 Å². The quantitative estimate of drug-likeness (QED) is 0.880. The molecule has 1 saturated heterocycles. The lowest BCUT2D eigenvalue weighted by Crippen LogP contribution is -2.26. The maximum atomic E-state index is 13.1. The zero-order valence-corrected chi connectivity index (χ0v) is 9.07. The van der Waals surface area contributed by atoms with Crippen molar-refractivity contribution in [1.82, 2.24) is 5.32 Å². The van der Waals surface area contributed by atoms with Gasteiger partial charge in [0.1, 0.15) is 0 Å². The smallest absolute Gasteiger partial charge is 0.408 e. The second kappa shape index (κ2) is 4.67. The van der Waals surface area contributed by atoms with Gasteiger partial charge in [0.05, 0.1) is 12.6 Å². The number of carbonyl (C=O) groups is 1. The van der Waals surface area contributed by atoms with Crippen LogP contribution in [-0.2, 0) is 9.47 Å². The second-order valence-electron chi connectivity index (χ2n) is 3.69. The highest BCUT2D eigenvalue weighted by atomic mass is 19.2. The summed E-state index contributed by atoms with van der Waals surface area (Å²) in [6.07, 6.45) is -1.14. The normalized spacial score (nSPS) is 23.4. The number of hydrogen-bond acceptors (Lipinski definition) is 3. The zero-order chi connectivity index (χ0) is 12.4. The first-order valence-corrected chi connectivity index (χ1v) is 5.03. The average molecular weight is 243 g/mol. The van der Waals surface area contributed by atoms with Crippen LogP contribution in [0.4, 0.5) is 13.6 Å². The predicted octanol–water partition coefficient (Wildman–Crippen LogP) is 1.76. The first-order valence-electron chi connectivity index (χ1n) is 5.03. The molecule has 1 aliphatic rings. The van der Waals surface area contributed by atoms with E-state index in [0.29, 0.717) is 5.56 Å². The lowest BCUT2D eigenvalue weighted by Gasteiger charge is -2.16. The molecule has 0 spiro atoms. The number of halogens is 2. The van der Waals surface area contributed by atoms with Gasteiger partial charge in [-0.1, -0.05) is 6.07 Å². The molecule has 6 heteroatoms. The van der Waals surface area contributed by atoms with E-state index in [4.69, 9.17) is 9.47 Å². The fraction of sp³-hybridized carbons (Fsp3) is 0.364. The van der Waals surface area contributed by atoms with Crippen LogP contribution in [0.1, 0.15) is 11.6 Å². The number of methoxy groups -OCH3 is 1. The van der Waals surface area contributed by atoms with Crippen molar-refractivity contribution in [3.05, 3.63) is 35.4 Å². The van der Waals surface area contributed by atoms with Gasteiger partial charge in [-0.05, 0) is 17.7 Å². The molecular formula is C11H11F2NO3. The molecule has 0 radical (unpaired) electrons. The van der Waals surface area contributed by atoms with Crippen LogP contribution in [0.2, 0.25) is 0 Å². The number of amides is 1. The minimum atomic E-state index is -0.959. The van der Waals surface area contributed by atoms with E-state index >= 15 is 0 Å². The van der Waals surface area contributed by atoms with Crippen molar-refractivity contribution >= 4 is 6.09 Å². The molecule has 2 rings (SSSR count). The van der Waals surface area contributed by atoms with Gasteiger partial charge in [0.25, 0.3) is 0 Å². The highest BCUT2D eigenvalue weighted by molar-refractivity contribution is 5.70. The van der Waals surface area contributed by atoms with E-state index in [-0.39, 0.29) is 6.61 Å². The summed E-state index contributed by atoms with van der Waals surface area (Å²) in [7, 11) is 1.47. The van der Waals surface area contributed by atoms with Gasteiger partial charge in [0, 0.05) is 7.11 Å². The van der Waals surface area contributed by atoms with Crippen molar-refractivity contribution in [2.24, 2.45) is 0 Å². The van der Waals surface area contributed by atoms with E-state index in [0.717, 1.165) is 12.1 Å². The Morgan fingerprint density at radius 2 is 2.18 bits per heavy atom. The molecule has 17 heavy (non-hydrogen) atoms. The molecule has 1 aromatic rings. The van der Waals surface area contributed by atoms with Crippen LogP contribution < -0.4 is 5.32 Å². The Labute approximate surface area is 96.5 Å². The monoisotopic (exact) mass is 243 g/mol. The molecule has 0 saturated carbocycles. The highest BCUT2D eigenvalue weighted by Crippen LogP contribution is 2.26. The first kappa shape index (κ1) is 11.8. The number of ether oxygens (including phenoxy) is 2. The number of hydrogen-bond donors (Lipinski definition) is 1. The summed E-state index contributed by atoms with van der Waals surface area (Å²) in [4.78, 5) is 11.1. The first-order chi connectivity index (χ1) is 8.11. The maximum Gasteiger partial charge on any atom is 0.408 e. The highest BCUT2D eigenvalue weighted by Gasteiger charge is 2.35. The number of alkyl carbamates (subject to hydrolysis) is 1. The number of carbonyl (C=O) groups excluding carboxylic acids is 1. The van der Waals surface area contributed by atoms with Crippen molar-refractivity contribution < 1.29 is 23.0 Å². The summed E-state index contributed by atoms with van der Waals surface area (Å²) >= 11 is 0. The van der Waals surface area contributed by atoms with Gasteiger partial charge in [-0.3, -0.25) is 0 Å². The van der Waals surface area contributed by atoms with Gasteiger partial charge >= 0.3 is 6.09 Å². The molecule has 2 unspecified atom stereocenters. The molecule has 1 N–H and O–H groups in total. The number of cyclic esters (lactones) is 1. The topological polar surface area (TPSA) is 47.6 Å². The maximum absolute atomic E-state index is 13.1. The van der Waals surface area contributed by atoms with Crippen LogP contribution in [0.5, 0.6) is 0 Å². The molecule has 0 aliphatic carbocycles. The van der Waals surface area contributed by atoms with Crippen molar-refractivity contribution in [3.8, 4) is 0 Å². The molecule has 2 atom stereocenters. The molecule has 0 bridgehead atoms. The van der Waals surface area contributed by atoms with E-state index in [1.165, 1.54) is 13.2 Å². The number of nitrogens with one attached hydrogen (secondary N) is 1. The minimum Gasteiger partial charge on any atom is -0.441 e. The second-order valence-corrected chi connectivity index (χ2v) is 3.69. The fourth-order valence-corrected chi connectivity index (χ4v) is 1.76. The predicted molar refractivity (Wildman–Crippen MR) is 54.4 cm³/mol. The van der Waals surface area contributed by atoms with E-state index in [1.807, 2.05) is 0 Å². The van der Waals surface area contributed by atoms with Crippen LogP contribution in [0, 0.1) is 11.6 Å². The Kier molecular flexibility index (Phi) is 3.23. The summed E-state index contributed by atoms with van der Waals surface area (Å²) in [6.45, 7) is 0.183. The molecule has 1 amide bonds. The van der Waals surface area contributed by atoms with E-state index < -0.39 is 29.9 Å². The van der Waals surface area contributed by atoms with Gasteiger partial charge in [-0.25, -0.2) is 13.6 Å². The Morgan fingerprint density at radius 1 is 1.41 bits per heavy atom. The molecule has 1 aliphatic heterocycles. The largest absolute Gasteiger partial charge is 0.441 e. The third kappa shape index (κ3) is 2.36. The summed E-state index contributed by atoms with van der Waals surface area (Å²) in [5, 5.41) is 2.52. The van der Waals surface area contributed by atoms with Crippen molar-refractivity contribution in [2.75, 3.05) is 13.7 Å². The van der Waals surface area contributed by atoms with Crippen LogP contribution in [0.25, 0.3) is 0 Å². The van der Waals surface area contributed by atoms with Crippen LogP contribution in [0.15, 0.2) is 18.2 Å². The van der Waals surface area contributed by atoms with Crippen LogP contribution in [0.3, 0.4) is 0 Å². The minimum absolute atomic E-state index is 0.183. The van der Waals surface area contributed by atoms with Crippen molar-refractivity contribution in [1.29, 1.82) is 0 Å². The molecule has 92 valence electrons. The van der Waals surface area contributed by atoms with E-state index in [9.17, 15) is 13.6 Å². The van der Waals surface area contributed by atoms with Crippen LogP contribution in [-0.4, -0.2) is 25.9 Å². The summed E-state index contributed by atoms with van der Waals surface area (Å²) in [5.74, 6) is -1.89. The molecule has 1 fully saturated rings. The SMILES string of the molecule is COCC1OC(=O)NC1c1ccc(F)c(F)c1. The lowest BCUT2D eigenvalue weighted by atomic mass is 10.0. The number of benzene rings is 1. The molecular weight excluding hydrogens is 232 g/mol. The van der Waals surface area contributed by atoms with Crippen LogP contribution >= 0.6 is 0 Å².